The maximum atomic E-state index is 12.4. The summed E-state index contributed by atoms with van der Waals surface area (Å²) in [6.07, 6.45) is 8.01. The van der Waals surface area contributed by atoms with E-state index in [1.165, 1.54) is 19.3 Å². The van der Waals surface area contributed by atoms with Gasteiger partial charge in [0.05, 0.1) is 0 Å². The third kappa shape index (κ3) is 3.21. The van der Waals surface area contributed by atoms with E-state index in [0.717, 1.165) is 32.2 Å². The van der Waals surface area contributed by atoms with Crippen molar-refractivity contribution in [3.8, 4) is 0 Å². The molecule has 3 heteroatoms. The Morgan fingerprint density at radius 1 is 1.29 bits per heavy atom. The van der Waals surface area contributed by atoms with Crippen molar-refractivity contribution >= 4 is 5.91 Å². The van der Waals surface area contributed by atoms with Crippen LogP contribution in [0.15, 0.2) is 0 Å². The fourth-order valence-corrected chi connectivity index (χ4v) is 3.18. The molecule has 17 heavy (non-hydrogen) atoms. The quantitative estimate of drug-likeness (QED) is 0.774. The van der Waals surface area contributed by atoms with Crippen LogP contribution < -0.4 is 10.6 Å². The molecule has 2 unspecified atom stereocenters. The Labute approximate surface area is 105 Å². The average Bonchev–Trinajstić information content (AvgIpc) is 2.30. The maximum Gasteiger partial charge on any atom is 0.226 e. The zero-order chi connectivity index (χ0) is 12.3. The maximum absolute atomic E-state index is 12.4. The van der Waals surface area contributed by atoms with Crippen LogP contribution in [0.1, 0.15) is 58.8 Å². The Hall–Kier alpha value is -0.570. The van der Waals surface area contributed by atoms with E-state index < -0.39 is 0 Å². The highest BCUT2D eigenvalue weighted by Gasteiger charge is 2.35. The SMILES string of the molecule is CC1CC(NC(=O)C2(C)CCCCC2)CCN1. The fraction of sp³-hybridized carbons (Fsp3) is 0.929. The van der Waals surface area contributed by atoms with Gasteiger partial charge in [0, 0.05) is 17.5 Å². The number of hydrogen-bond donors (Lipinski definition) is 2. The Balaban J connectivity index is 1.87. The van der Waals surface area contributed by atoms with E-state index in [-0.39, 0.29) is 5.41 Å². The molecule has 0 radical (unpaired) electrons. The first-order valence-corrected chi connectivity index (χ1v) is 7.14. The smallest absolute Gasteiger partial charge is 0.226 e. The van der Waals surface area contributed by atoms with Gasteiger partial charge in [-0.15, -0.1) is 0 Å². The summed E-state index contributed by atoms with van der Waals surface area (Å²) in [6.45, 7) is 5.37. The lowest BCUT2D eigenvalue weighted by atomic mass is 9.75. The van der Waals surface area contributed by atoms with Crippen LogP contribution in [-0.2, 0) is 4.79 Å². The van der Waals surface area contributed by atoms with E-state index in [0.29, 0.717) is 18.0 Å². The predicted octanol–water partition coefficient (Wildman–Crippen LogP) is 2.21. The summed E-state index contributed by atoms with van der Waals surface area (Å²) >= 11 is 0. The van der Waals surface area contributed by atoms with Crippen molar-refractivity contribution < 1.29 is 4.79 Å². The normalized spacial score (nSPS) is 33.1. The highest BCUT2D eigenvalue weighted by Crippen LogP contribution is 2.36. The minimum Gasteiger partial charge on any atom is -0.353 e. The fourth-order valence-electron chi connectivity index (χ4n) is 3.18. The van der Waals surface area contributed by atoms with Crippen molar-refractivity contribution in [3.63, 3.8) is 0 Å². The van der Waals surface area contributed by atoms with E-state index in [1.807, 2.05) is 0 Å². The molecular formula is C14H26N2O. The van der Waals surface area contributed by atoms with Gasteiger partial charge in [-0.05, 0) is 39.2 Å². The van der Waals surface area contributed by atoms with Crippen molar-refractivity contribution in [2.45, 2.75) is 70.9 Å². The molecule has 0 aromatic rings. The van der Waals surface area contributed by atoms with Crippen LogP contribution in [0.5, 0.6) is 0 Å². The molecule has 2 atom stereocenters. The second kappa shape index (κ2) is 5.38. The molecule has 3 nitrogen and oxygen atoms in total. The van der Waals surface area contributed by atoms with E-state index in [4.69, 9.17) is 0 Å². The van der Waals surface area contributed by atoms with Gasteiger partial charge in [-0.2, -0.15) is 0 Å². The summed E-state index contributed by atoms with van der Waals surface area (Å²) in [7, 11) is 0. The van der Waals surface area contributed by atoms with Crippen LogP contribution in [0.3, 0.4) is 0 Å². The second-order valence-electron chi connectivity index (χ2n) is 6.17. The third-order valence-corrected chi connectivity index (χ3v) is 4.46. The van der Waals surface area contributed by atoms with Crippen molar-refractivity contribution in [3.05, 3.63) is 0 Å². The number of carbonyl (C=O) groups excluding carboxylic acids is 1. The van der Waals surface area contributed by atoms with Gasteiger partial charge in [0.25, 0.3) is 0 Å². The molecule has 0 aromatic heterocycles. The van der Waals surface area contributed by atoms with Gasteiger partial charge < -0.3 is 10.6 Å². The lowest BCUT2D eigenvalue weighted by molar-refractivity contribution is -0.132. The standard InChI is InChI=1S/C14H26N2O/c1-11-10-12(6-9-15-11)16-13(17)14(2)7-4-3-5-8-14/h11-12,15H,3-10H2,1-2H3,(H,16,17). The highest BCUT2D eigenvalue weighted by atomic mass is 16.2. The summed E-state index contributed by atoms with van der Waals surface area (Å²) in [5.74, 6) is 0.302. The minimum atomic E-state index is -0.0909. The first kappa shape index (κ1) is 12.9. The highest BCUT2D eigenvalue weighted by molar-refractivity contribution is 5.82. The number of hydrogen-bond acceptors (Lipinski definition) is 2. The molecule has 0 spiro atoms. The first-order chi connectivity index (χ1) is 8.10. The minimum absolute atomic E-state index is 0.0909. The zero-order valence-electron chi connectivity index (χ0n) is 11.2. The Kier molecular flexibility index (Phi) is 4.08. The summed E-state index contributed by atoms with van der Waals surface area (Å²) in [5.41, 5.74) is -0.0909. The van der Waals surface area contributed by atoms with Crippen molar-refractivity contribution in [1.82, 2.24) is 10.6 Å². The molecule has 1 amide bonds. The van der Waals surface area contributed by atoms with Crippen LogP contribution >= 0.6 is 0 Å². The van der Waals surface area contributed by atoms with E-state index in [2.05, 4.69) is 24.5 Å². The van der Waals surface area contributed by atoms with Gasteiger partial charge in [-0.3, -0.25) is 4.79 Å². The van der Waals surface area contributed by atoms with Crippen molar-refractivity contribution in [2.75, 3.05) is 6.54 Å². The Bertz CT molecular complexity index is 271. The summed E-state index contributed by atoms with van der Waals surface area (Å²) in [6, 6.07) is 0.922. The first-order valence-electron chi connectivity index (χ1n) is 7.14. The molecule has 2 rings (SSSR count). The lowest BCUT2D eigenvalue weighted by Crippen LogP contribution is -2.50. The largest absolute Gasteiger partial charge is 0.353 e. The molecule has 1 saturated carbocycles. The molecule has 1 aliphatic carbocycles. The number of rotatable bonds is 2. The van der Waals surface area contributed by atoms with Crippen LogP contribution in [0.4, 0.5) is 0 Å². The van der Waals surface area contributed by atoms with Crippen LogP contribution in [0.2, 0.25) is 0 Å². The molecule has 98 valence electrons. The molecule has 1 saturated heterocycles. The summed E-state index contributed by atoms with van der Waals surface area (Å²) < 4.78 is 0. The number of nitrogens with one attached hydrogen (secondary N) is 2. The molecule has 1 aliphatic heterocycles. The van der Waals surface area contributed by atoms with Gasteiger partial charge in [-0.25, -0.2) is 0 Å². The van der Waals surface area contributed by atoms with Gasteiger partial charge in [0.2, 0.25) is 5.91 Å². The molecule has 0 bridgehead atoms. The number of piperidine rings is 1. The molecule has 2 fully saturated rings. The zero-order valence-corrected chi connectivity index (χ0v) is 11.2. The van der Waals surface area contributed by atoms with Crippen LogP contribution in [0, 0.1) is 5.41 Å². The van der Waals surface area contributed by atoms with Crippen molar-refractivity contribution in [2.24, 2.45) is 5.41 Å². The second-order valence-corrected chi connectivity index (χ2v) is 6.17. The summed E-state index contributed by atoms with van der Waals surface area (Å²) in [4.78, 5) is 12.4. The molecule has 2 aliphatic rings. The van der Waals surface area contributed by atoms with E-state index in [1.54, 1.807) is 0 Å². The predicted molar refractivity (Wildman–Crippen MR) is 69.8 cm³/mol. The number of carbonyl (C=O) groups is 1. The Morgan fingerprint density at radius 2 is 2.00 bits per heavy atom. The van der Waals surface area contributed by atoms with E-state index in [9.17, 15) is 4.79 Å². The molecule has 1 heterocycles. The van der Waals surface area contributed by atoms with Gasteiger partial charge >= 0.3 is 0 Å². The van der Waals surface area contributed by atoms with Gasteiger partial charge in [-0.1, -0.05) is 26.2 Å². The summed E-state index contributed by atoms with van der Waals surface area (Å²) in [5, 5.41) is 6.70. The molecule has 2 N–H and O–H groups in total. The Morgan fingerprint density at radius 3 is 2.65 bits per heavy atom. The van der Waals surface area contributed by atoms with Crippen LogP contribution in [0.25, 0.3) is 0 Å². The lowest BCUT2D eigenvalue weighted by Gasteiger charge is -2.36. The molecule has 0 aromatic carbocycles. The third-order valence-electron chi connectivity index (χ3n) is 4.46. The monoisotopic (exact) mass is 238 g/mol. The van der Waals surface area contributed by atoms with Crippen LogP contribution in [-0.4, -0.2) is 24.5 Å². The van der Waals surface area contributed by atoms with Gasteiger partial charge in [0.15, 0.2) is 0 Å². The van der Waals surface area contributed by atoms with Gasteiger partial charge in [0.1, 0.15) is 0 Å². The molecular weight excluding hydrogens is 212 g/mol. The average molecular weight is 238 g/mol. The van der Waals surface area contributed by atoms with Crippen molar-refractivity contribution in [1.29, 1.82) is 0 Å². The van der Waals surface area contributed by atoms with E-state index >= 15 is 0 Å². The topological polar surface area (TPSA) is 41.1 Å². The number of amides is 1.